The quantitative estimate of drug-likeness (QED) is 0.775. The Morgan fingerprint density at radius 1 is 1.43 bits per heavy atom. The normalized spacial score (nSPS) is 18.0. The fourth-order valence-electron chi connectivity index (χ4n) is 2.99. The van der Waals surface area contributed by atoms with Crippen LogP contribution in [0.4, 0.5) is 0 Å². The lowest BCUT2D eigenvalue weighted by Crippen LogP contribution is -2.18. The van der Waals surface area contributed by atoms with Crippen molar-refractivity contribution in [3.05, 3.63) is 24.0 Å². The first-order chi connectivity index (χ1) is 10.2. The van der Waals surface area contributed by atoms with Crippen LogP contribution in [0.15, 0.2) is 18.2 Å². The van der Waals surface area contributed by atoms with Crippen LogP contribution in [0.2, 0.25) is 0 Å². The highest BCUT2D eigenvalue weighted by Gasteiger charge is 2.21. The largest absolute Gasteiger partial charge is 0.494 e. The molecule has 1 unspecified atom stereocenters. The maximum absolute atomic E-state index is 6.36. The van der Waals surface area contributed by atoms with Gasteiger partial charge in [0, 0.05) is 6.54 Å². The lowest BCUT2D eigenvalue weighted by Gasteiger charge is -2.23. The molecule has 1 atom stereocenters. The topological polar surface area (TPSA) is 27.1 Å². The third kappa shape index (κ3) is 3.02. The SMILES string of the molecule is COc1cccc2c1nc(C(C)Cl)n2CC1CCSCC1. The summed E-state index contributed by atoms with van der Waals surface area (Å²) in [5, 5.41) is -0.0972. The number of methoxy groups -OCH3 is 1. The van der Waals surface area contributed by atoms with Crippen LogP contribution in [0.3, 0.4) is 0 Å². The van der Waals surface area contributed by atoms with E-state index in [2.05, 4.69) is 22.4 Å². The molecule has 21 heavy (non-hydrogen) atoms. The van der Waals surface area contributed by atoms with E-state index < -0.39 is 0 Å². The second-order valence-electron chi connectivity index (χ2n) is 5.58. The van der Waals surface area contributed by atoms with E-state index in [1.165, 1.54) is 24.3 Å². The number of rotatable bonds is 4. The maximum atomic E-state index is 6.36. The van der Waals surface area contributed by atoms with Crippen molar-refractivity contribution in [2.45, 2.75) is 31.7 Å². The van der Waals surface area contributed by atoms with Gasteiger partial charge in [-0.3, -0.25) is 0 Å². The zero-order valence-electron chi connectivity index (χ0n) is 12.5. The van der Waals surface area contributed by atoms with Crippen molar-refractivity contribution in [3.8, 4) is 5.75 Å². The average Bonchev–Trinajstić information content (AvgIpc) is 2.87. The number of hydrogen-bond acceptors (Lipinski definition) is 3. The van der Waals surface area contributed by atoms with Crippen LogP contribution in [0, 0.1) is 5.92 Å². The van der Waals surface area contributed by atoms with Crippen LogP contribution in [-0.2, 0) is 6.54 Å². The highest BCUT2D eigenvalue weighted by Crippen LogP contribution is 2.32. The fourth-order valence-corrected chi connectivity index (χ4v) is 4.36. The van der Waals surface area contributed by atoms with Crippen molar-refractivity contribution in [1.29, 1.82) is 0 Å². The van der Waals surface area contributed by atoms with Gasteiger partial charge >= 0.3 is 0 Å². The number of thioether (sulfide) groups is 1. The molecule has 0 spiro atoms. The van der Waals surface area contributed by atoms with E-state index in [9.17, 15) is 0 Å². The molecule has 0 bridgehead atoms. The van der Waals surface area contributed by atoms with Gasteiger partial charge < -0.3 is 9.30 Å². The summed E-state index contributed by atoms with van der Waals surface area (Å²) in [7, 11) is 1.69. The van der Waals surface area contributed by atoms with Crippen molar-refractivity contribution in [1.82, 2.24) is 9.55 Å². The van der Waals surface area contributed by atoms with Gasteiger partial charge in [-0.15, -0.1) is 11.6 Å². The highest BCUT2D eigenvalue weighted by molar-refractivity contribution is 7.99. The lowest BCUT2D eigenvalue weighted by molar-refractivity contribution is 0.414. The van der Waals surface area contributed by atoms with E-state index in [1.807, 2.05) is 19.1 Å². The van der Waals surface area contributed by atoms with Gasteiger partial charge in [-0.1, -0.05) is 6.07 Å². The Morgan fingerprint density at radius 2 is 2.19 bits per heavy atom. The van der Waals surface area contributed by atoms with Gasteiger partial charge in [0.2, 0.25) is 0 Å². The van der Waals surface area contributed by atoms with E-state index in [0.717, 1.165) is 35.1 Å². The number of fused-ring (bicyclic) bond motifs is 1. The average molecular weight is 325 g/mol. The Hall–Kier alpha value is -0.870. The van der Waals surface area contributed by atoms with Gasteiger partial charge in [-0.2, -0.15) is 11.8 Å². The smallest absolute Gasteiger partial charge is 0.146 e. The first kappa shape index (κ1) is 15.0. The van der Waals surface area contributed by atoms with E-state index >= 15 is 0 Å². The Kier molecular flexibility index (Phi) is 4.65. The molecule has 3 nitrogen and oxygen atoms in total. The third-order valence-corrected chi connectivity index (χ3v) is 5.37. The summed E-state index contributed by atoms with van der Waals surface area (Å²) < 4.78 is 7.75. The van der Waals surface area contributed by atoms with Gasteiger partial charge in [-0.05, 0) is 49.3 Å². The molecule has 0 amide bonds. The number of nitrogens with zero attached hydrogens (tertiary/aromatic N) is 2. The molecule has 3 rings (SSSR count). The summed E-state index contributed by atoms with van der Waals surface area (Å²) >= 11 is 8.43. The summed E-state index contributed by atoms with van der Waals surface area (Å²) in [4.78, 5) is 4.75. The van der Waals surface area contributed by atoms with Crippen LogP contribution < -0.4 is 4.74 Å². The van der Waals surface area contributed by atoms with E-state index in [1.54, 1.807) is 7.11 Å². The maximum Gasteiger partial charge on any atom is 0.146 e. The minimum atomic E-state index is -0.0972. The molecule has 2 aromatic rings. The lowest BCUT2D eigenvalue weighted by atomic mass is 10.0. The first-order valence-electron chi connectivity index (χ1n) is 7.45. The van der Waals surface area contributed by atoms with Crippen molar-refractivity contribution in [3.63, 3.8) is 0 Å². The number of aromatic nitrogens is 2. The number of alkyl halides is 1. The molecular weight excluding hydrogens is 304 g/mol. The summed E-state index contributed by atoms with van der Waals surface area (Å²) in [5.74, 6) is 5.04. The summed E-state index contributed by atoms with van der Waals surface area (Å²) in [5.41, 5.74) is 2.06. The molecule has 1 saturated heterocycles. The van der Waals surface area contributed by atoms with Gasteiger partial charge in [0.05, 0.1) is 18.0 Å². The van der Waals surface area contributed by atoms with E-state index in [-0.39, 0.29) is 5.38 Å². The predicted octanol–water partition coefficient (Wildman–Crippen LogP) is 4.49. The number of benzene rings is 1. The van der Waals surface area contributed by atoms with Gasteiger partial charge in [0.15, 0.2) is 0 Å². The number of halogens is 1. The molecule has 2 heterocycles. The minimum Gasteiger partial charge on any atom is -0.494 e. The minimum absolute atomic E-state index is 0.0972. The van der Waals surface area contributed by atoms with Gasteiger partial charge in [0.1, 0.15) is 17.1 Å². The zero-order valence-corrected chi connectivity index (χ0v) is 14.1. The number of para-hydroxylation sites is 1. The molecule has 0 radical (unpaired) electrons. The van der Waals surface area contributed by atoms with Crippen molar-refractivity contribution in [2.75, 3.05) is 18.6 Å². The third-order valence-electron chi connectivity index (χ3n) is 4.13. The van der Waals surface area contributed by atoms with Crippen molar-refractivity contribution < 1.29 is 4.74 Å². The molecule has 1 aliphatic heterocycles. The van der Waals surface area contributed by atoms with E-state index in [0.29, 0.717) is 0 Å². The number of ether oxygens (including phenoxy) is 1. The molecule has 0 aliphatic carbocycles. The highest BCUT2D eigenvalue weighted by atomic mass is 35.5. The summed E-state index contributed by atoms with van der Waals surface area (Å²) in [6.45, 7) is 3.00. The monoisotopic (exact) mass is 324 g/mol. The Balaban J connectivity index is 2.03. The van der Waals surface area contributed by atoms with Crippen molar-refractivity contribution >= 4 is 34.4 Å². The van der Waals surface area contributed by atoms with Crippen LogP contribution in [0.5, 0.6) is 5.75 Å². The molecular formula is C16H21ClN2OS. The van der Waals surface area contributed by atoms with Crippen LogP contribution >= 0.6 is 23.4 Å². The molecule has 0 saturated carbocycles. The second kappa shape index (κ2) is 6.49. The van der Waals surface area contributed by atoms with Crippen molar-refractivity contribution in [2.24, 2.45) is 5.92 Å². The Morgan fingerprint density at radius 3 is 2.86 bits per heavy atom. The van der Waals surface area contributed by atoms with E-state index in [4.69, 9.17) is 21.3 Å². The second-order valence-corrected chi connectivity index (χ2v) is 7.46. The molecule has 1 fully saturated rings. The molecule has 114 valence electrons. The molecule has 1 aromatic carbocycles. The number of hydrogen-bond donors (Lipinski definition) is 0. The summed E-state index contributed by atoms with van der Waals surface area (Å²) in [6, 6.07) is 6.10. The van der Waals surface area contributed by atoms with Crippen LogP contribution in [0.1, 0.15) is 31.0 Å². The number of imidazole rings is 1. The van der Waals surface area contributed by atoms with Gasteiger partial charge in [0.25, 0.3) is 0 Å². The predicted molar refractivity (Wildman–Crippen MR) is 90.6 cm³/mol. The standard InChI is InChI=1S/C16H21ClN2OS/c1-11(17)16-18-15-13(4-3-5-14(15)20-2)19(16)10-12-6-8-21-9-7-12/h3-5,11-12H,6-10H2,1-2H3. The molecule has 0 N–H and O–H groups in total. The van der Waals surface area contributed by atoms with Crippen LogP contribution in [-0.4, -0.2) is 28.2 Å². The molecule has 5 heteroatoms. The Labute approximate surface area is 135 Å². The zero-order chi connectivity index (χ0) is 14.8. The Bertz CT molecular complexity index is 620. The molecule has 1 aliphatic rings. The molecule has 1 aromatic heterocycles. The first-order valence-corrected chi connectivity index (χ1v) is 9.04. The summed E-state index contributed by atoms with van der Waals surface area (Å²) in [6.07, 6.45) is 2.56. The van der Waals surface area contributed by atoms with Crippen LogP contribution in [0.25, 0.3) is 11.0 Å². The van der Waals surface area contributed by atoms with Gasteiger partial charge in [-0.25, -0.2) is 4.98 Å². The fraction of sp³-hybridized carbons (Fsp3) is 0.562.